The van der Waals surface area contributed by atoms with Crippen LogP contribution in [0.3, 0.4) is 0 Å². The molecule has 0 fully saturated rings. The first-order valence-electron chi connectivity index (χ1n) is 10.5. The number of hydrogen-bond donors (Lipinski definition) is 4. The molecular weight excluding hydrogens is 393 g/mol. The van der Waals surface area contributed by atoms with Gasteiger partial charge < -0.3 is 15.4 Å². The Morgan fingerprint density at radius 2 is 2.00 bits per heavy atom. The third-order valence-corrected chi connectivity index (χ3v) is 6.02. The number of fused-ring (bicyclic) bond motifs is 1. The number of aromatic nitrogens is 4. The van der Waals surface area contributed by atoms with Crippen molar-refractivity contribution in [3.63, 3.8) is 0 Å². The Balaban J connectivity index is 1.57. The summed E-state index contributed by atoms with van der Waals surface area (Å²) in [5, 5.41) is 21.0. The van der Waals surface area contributed by atoms with Gasteiger partial charge in [-0.15, -0.1) is 0 Å². The summed E-state index contributed by atoms with van der Waals surface area (Å²) in [5.74, 6) is 0.434. The van der Waals surface area contributed by atoms with E-state index in [1.807, 2.05) is 19.2 Å². The molecule has 0 saturated carbocycles. The van der Waals surface area contributed by atoms with Crippen LogP contribution in [-0.2, 0) is 6.42 Å². The molecule has 2 aromatic heterocycles. The van der Waals surface area contributed by atoms with E-state index in [2.05, 4.69) is 32.4 Å². The summed E-state index contributed by atoms with van der Waals surface area (Å²) in [6.45, 7) is 5.93. The zero-order chi connectivity index (χ0) is 21.5. The zero-order valence-electron chi connectivity index (χ0n) is 17.5. The van der Waals surface area contributed by atoms with E-state index in [0.717, 1.165) is 36.3 Å². The van der Waals surface area contributed by atoms with E-state index in [9.17, 15) is 5.11 Å². The predicted octanol–water partition coefficient (Wildman–Crippen LogP) is 4.79. The highest BCUT2D eigenvalue weighted by molar-refractivity contribution is 5.95. The average Bonchev–Trinajstić information content (AvgIpc) is 3.42. The Labute approximate surface area is 179 Å². The van der Waals surface area contributed by atoms with Crippen LogP contribution in [0.2, 0.25) is 0 Å². The van der Waals surface area contributed by atoms with Crippen molar-refractivity contribution in [2.75, 3.05) is 13.1 Å². The number of hydrogen-bond acceptors (Lipinski definition) is 4. The van der Waals surface area contributed by atoms with Gasteiger partial charge in [-0.05, 0) is 61.2 Å². The van der Waals surface area contributed by atoms with Crippen molar-refractivity contribution in [3.05, 3.63) is 59.2 Å². The molecule has 1 aliphatic heterocycles. The molecule has 3 heterocycles. The second-order valence-electron chi connectivity index (χ2n) is 7.95. The molecule has 4 N–H and O–H groups in total. The first kappa shape index (κ1) is 19.5. The highest BCUT2D eigenvalue weighted by Gasteiger charge is 2.20. The van der Waals surface area contributed by atoms with Crippen molar-refractivity contribution in [2.45, 2.75) is 26.7 Å². The van der Waals surface area contributed by atoms with E-state index in [0.29, 0.717) is 28.9 Å². The van der Waals surface area contributed by atoms with Crippen molar-refractivity contribution >= 4 is 16.5 Å². The van der Waals surface area contributed by atoms with E-state index in [1.165, 1.54) is 11.1 Å². The molecule has 4 aromatic rings. The molecule has 31 heavy (non-hydrogen) atoms. The van der Waals surface area contributed by atoms with Crippen LogP contribution in [0.25, 0.3) is 39.1 Å². The SMILES string of the molecule is CCc1cc(O)ccc1-c1ccc2c(-c3ncc(C4=C(C)CNCC4)[nH]3)[nH]nc2c1F. The minimum atomic E-state index is -0.385. The summed E-state index contributed by atoms with van der Waals surface area (Å²) >= 11 is 0. The number of rotatable bonds is 4. The largest absolute Gasteiger partial charge is 0.508 e. The number of aromatic hydroxyl groups is 1. The van der Waals surface area contributed by atoms with Gasteiger partial charge in [0.2, 0.25) is 0 Å². The van der Waals surface area contributed by atoms with Gasteiger partial charge in [-0.1, -0.05) is 24.6 Å². The minimum absolute atomic E-state index is 0.178. The van der Waals surface area contributed by atoms with Gasteiger partial charge >= 0.3 is 0 Å². The molecule has 0 spiro atoms. The van der Waals surface area contributed by atoms with Gasteiger partial charge in [-0.25, -0.2) is 9.37 Å². The Morgan fingerprint density at radius 3 is 2.81 bits per heavy atom. The summed E-state index contributed by atoms with van der Waals surface area (Å²) in [5.41, 5.74) is 6.62. The molecule has 5 rings (SSSR count). The van der Waals surface area contributed by atoms with Crippen LogP contribution in [0, 0.1) is 5.82 Å². The number of aromatic amines is 2. The Hall–Kier alpha value is -3.45. The number of imidazole rings is 1. The topological polar surface area (TPSA) is 89.6 Å². The molecule has 0 atom stereocenters. The first-order chi connectivity index (χ1) is 15.1. The van der Waals surface area contributed by atoms with Crippen LogP contribution >= 0.6 is 0 Å². The van der Waals surface area contributed by atoms with Crippen LogP contribution in [0.4, 0.5) is 4.39 Å². The van der Waals surface area contributed by atoms with E-state index in [1.54, 1.807) is 24.3 Å². The lowest BCUT2D eigenvalue weighted by Gasteiger charge is -2.17. The number of nitrogens with zero attached hydrogens (tertiary/aromatic N) is 2. The third kappa shape index (κ3) is 3.31. The van der Waals surface area contributed by atoms with Crippen LogP contribution in [0.1, 0.15) is 31.5 Å². The Morgan fingerprint density at radius 1 is 1.16 bits per heavy atom. The first-order valence-corrected chi connectivity index (χ1v) is 10.5. The van der Waals surface area contributed by atoms with Gasteiger partial charge in [-0.2, -0.15) is 5.10 Å². The number of phenols is 1. The molecular formula is C24H24FN5O. The van der Waals surface area contributed by atoms with Crippen LogP contribution in [-0.4, -0.2) is 38.4 Å². The predicted molar refractivity (Wildman–Crippen MR) is 120 cm³/mol. The number of H-pyrrole nitrogens is 2. The van der Waals surface area contributed by atoms with Gasteiger partial charge in [0.15, 0.2) is 11.6 Å². The maximum absolute atomic E-state index is 15.5. The molecule has 1 aliphatic rings. The van der Waals surface area contributed by atoms with Crippen molar-refractivity contribution in [1.82, 2.24) is 25.5 Å². The van der Waals surface area contributed by atoms with Gasteiger partial charge in [0.1, 0.15) is 17.0 Å². The van der Waals surface area contributed by atoms with Crippen molar-refractivity contribution in [1.29, 1.82) is 0 Å². The molecule has 158 valence electrons. The lowest BCUT2D eigenvalue weighted by molar-refractivity contribution is 0.474. The molecule has 0 unspecified atom stereocenters. The van der Waals surface area contributed by atoms with Crippen molar-refractivity contribution < 1.29 is 9.50 Å². The summed E-state index contributed by atoms with van der Waals surface area (Å²) < 4.78 is 15.5. The summed E-state index contributed by atoms with van der Waals surface area (Å²) in [4.78, 5) is 7.91. The summed E-state index contributed by atoms with van der Waals surface area (Å²) in [6, 6.07) is 8.65. The van der Waals surface area contributed by atoms with Gasteiger partial charge in [0.05, 0.1) is 11.9 Å². The van der Waals surface area contributed by atoms with E-state index < -0.39 is 0 Å². The molecule has 2 aromatic carbocycles. The van der Waals surface area contributed by atoms with Crippen molar-refractivity contribution in [3.8, 4) is 28.4 Å². The molecule has 0 saturated heterocycles. The second kappa shape index (κ2) is 7.67. The minimum Gasteiger partial charge on any atom is -0.508 e. The second-order valence-corrected chi connectivity index (χ2v) is 7.95. The smallest absolute Gasteiger partial charge is 0.159 e. The Kier molecular flexibility index (Phi) is 4.82. The van der Waals surface area contributed by atoms with E-state index in [-0.39, 0.29) is 17.1 Å². The average molecular weight is 417 g/mol. The fourth-order valence-corrected chi connectivity index (χ4v) is 4.35. The van der Waals surface area contributed by atoms with E-state index >= 15 is 4.39 Å². The number of phenolic OH excluding ortho intramolecular Hbond substituents is 1. The molecule has 6 nitrogen and oxygen atoms in total. The van der Waals surface area contributed by atoms with Gasteiger partial charge in [0, 0.05) is 17.5 Å². The number of halogens is 1. The van der Waals surface area contributed by atoms with Gasteiger partial charge in [-0.3, -0.25) is 5.10 Å². The Bertz CT molecular complexity index is 1320. The molecule has 7 heteroatoms. The number of nitrogens with one attached hydrogen (secondary N) is 3. The molecule has 0 radical (unpaired) electrons. The maximum atomic E-state index is 15.5. The molecule has 0 amide bonds. The molecule has 0 aliphatic carbocycles. The summed E-state index contributed by atoms with van der Waals surface area (Å²) in [7, 11) is 0. The monoisotopic (exact) mass is 417 g/mol. The van der Waals surface area contributed by atoms with Crippen LogP contribution in [0.5, 0.6) is 5.75 Å². The van der Waals surface area contributed by atoms with Crippen LogP contribution < -0.4 is 5.32 Å². The zero-order valence-corrected chi connectivity index (χ0v) is 17.5. The number of aryl methyl sites for hydroxylation is 1. The third-order valence-electron chi connectivity index (χ3n) is 6.02. The maximum Gasteiger partial charge on any atom is 0.159 e. The van der Waals surface area contributed by atoms with Crippen molar-refractivity contribution in [2.24, 2.45) is 0 Å². The highest BCUT2D eigenvalue weighted by atomic mass is 19.1. The van der Waals surface area contributed by atoms with Gasteiger partial charge in [0.25, 0.3) is 0 Å². The number of benzene rings is 2. The standard InChI is InChI=1S/C24H24FN5O/c1-3-14-10-15(31)4-5-17(14)18-6-7-19-22(21(18)25)29-30-23(19)24-27-12-20(28-24)16-8-9-26-11-13(16)2/h4-7,10,12,26,31H,3,8-9,11H2,1-2H3,(H,27,28)(H,29,30). The van der Waals surface area contributed by atoms with E-state index in [4.69, 9.17) is 0 Å². The summed E-state index contributed by atoms with van der Waals surface area (Å²) in [6.07, 6.45) is 3.47. The highest BCUT2D eigenvalue weighted by Crippen LogP contribution is 2.35. The normalized spacial score (nSPS) is 14.5. The fraction of sp³-hybridized carbons (Fsp3) is 0.250. The van der Waals surface area contributed by atoms with Crippen LogP contribution in [0.15, 0.2) is 42.1 Å². The lowest BCUT2D eigenvalue weighted by Crippen LogP contribution is -2.23. The fourth-order valence-electron chi connectivity index (χ4n) is 4.35. The quantitative estimate of drug-likeness (QED) is 0.384. The lowest BCUT2D eigenvalue weighted by atomic mass is 9.96. The molecule has 0 bridgehead atoms.